The third-order valence-electron chi connectivity index (χ3n) is 2.56. The first-order valence-electron chi connectivity index (χ1n) is 6.10. The minimum absolute atomic E-state index is 0.144. The Morgan fingerprint density at radius 3 is 2.35 bits per heavy atom. The van der Waals surface area contributed by atoms with Gasteiger partial charge in [0.25, 0.3) is 0 Å². The summed E-state index contributed by atoms with van der Waals surface area (Å²) in [5.74, 6) is -0.556. The van der Waals surface area contributed by atoms with Crippen molar-refractivity contribution in [1.82, 2.24) is 15.2 Å². The highest BCUT2D eigenvalue weighted by Crippen LogP contribution is 2.14. The number of ketones is 1. The summed E-state index contributed by atoms with van der Waals surface area (Å²) in [6.07, 6.45) is 1.42. The molecule has 20 heavy (non-hydrogen) atoms. The number of Topliss-reactive ketones (excluding diaryl/α,β-unsaturated/α-hetero) is 1. The molecule has 0 N–H and O–H groups in total. The number of nitrogens with zero attached hydrogens (tertiary/aromatic N) is 3. The number of carbonyl (C=O) groups is 2. The molecule has 2 heterocycles. The smallest absolute Gasteiger partial charge is 0.339 e. The number of hydrogen-bond donors (Lipinski definition) is 0. The molecule has 0 spiro atoms. The Morgan fingerprint density at radius 1 is 1.10 bits per heavy atom. The monoisotopic (exact) mass is 271 g/mol. The highest BCUT2D eigenvalue weighted by Gasteiger charge is 2.09. The molecule has 0 aliphatic carbocycles. The quantitative estimate of drug-likeness (QED) is 0.624. The number of ether oxygens (including phenoxy) is 1. The predicted octanol–water partition coefficient (Wildman–Crippen LogP) is 1.92. The Bertz CT molecular complexity index is 621. The molecule has 0 unspecified atom stereocenters. The Morgan fingerprint density at radius 2 is 1.85 bits per heavy atom. The van der Waals surface area contributed by atoms with Crippen molar-refractivity contribution < 1.29 is 14.3 Å². The topological polar surface area (TPSA) is 82.0 Å². The summed E-state index contributed by atoms with van der Waals surface area (Å²) in [4.78, 5) is 26.7. The number of aromatic nitrogens is 3. The largest absolute Gasteiger partial charge is 0.462 e. The van der Waals surface area contributed by atoms with Gasteiger partial charge in [-0.2, -0.15) is 0 Å². The van der Waals surface area contributed by atoms with Gasteiger partial charge in [-0.25, -0.2) is 4.79 Å². The van der Waals surface area contributed by atoms with Crippen LogP contribution in [0.15, 0.2) is 30.5 Å². The molecule has 0 amide bonds. The van der Waals surface area contributed by atoms with E-state index in [1.807, 2.05) is 0 Å². The van der Waals surface area contributed by atoms with Crippen molar-refractivity contribution >= 4 is 11.8 Å². The van der Waals surface area contributed by atoms with Gasteiger partial charge in [0, 0.05) is 13.1 Å². The number of pyridine rings is 1. The van der Waals surface area contributed by atoms with Crippen molar-refractivity contribution in [2.45, 2.75) is 13.8 Å². The zero-order chi connectivity index (χ0) is 14.5. The van der Waals surface area contributed by atoms with Crippen molar-refractivity contribution in [2.75, 3.05) is 6.61 Å². The predicted molar refractivity (Wildman–Crippen MR) is 71.2 cm³/mol. The van der Waals surface area contributed by atoms with Gasteiger partial charge in [0.1, 0.15) is 11.4 Å². The number of rotatable bonds is 4. The van der Waals surface area contributed by atoms with E-state index in [1.165, 1.54) is 13.1 Å². The molecule has 102 valence electrons. The Hall–Kier alpha value is -2.63. The van der Waals surface area contributed by atoms with Gasteiger partial charge in [-0.3, -0.25) is 9.78 Å². The minimum Gasteiger partial charge on any atom is -0.462 e. The second-order valence-electron chi connectivity index (χ2n) is 4.01. The van der Waals surface area contributed by atoms with Gasteiger partial charge in [-0.15, -0.1) is 10.2 Å². The summed E-state index contributed by atoms with van der Waals surface area (Å²) in [6, 6.07) is 6.52. The number of hydrogen-bond acceptors (Lipinski definition) is 6. The van der Waals surface area contributed by atoms with Crippen molar-refractivity contribution in [2.24, 2.45) is 0 Å². The fraction of sp³-hybridized carbons (Fsp3) is 0.214. The van der Waals surface area contributed by atoms with Crippen molar-refractivity contribution in [3.63, 3.8) is 0 Å². The molecular weight excluding hydrogens is 258 g/mol. The lowest BCUT2D eigenvalue weighted by molar-refractivity contribution is 0.0526. The van der Waals surface area contributed by atoms with Crippen LogP contribution in [0.2, 0.25) is 0 Å². The zero-order valence-corrected chi connectivity index (χ0v) is 11.2. The summed E-state index contributed by atoms with van der Waals surface area (Å²) in [5.41, 5.74) is 1.78. The molecule has 0 radical (unpaired) electrons. The van der Waals surface area contributed by atoms with Gasteiger partial charge in [-0.1, -0.05) is 0 Å². The molecular formula is C14H13N3O3. The summed E-state index contributed by atoms with van der Waals surface area (Å²) in [5, 5.41) is 7.74. The third kappa shape index (κ3) is 3.03. The second-order valence-corrected chi connectivity index (χ2v) is 4.01. The molecule has 0 saturated carbocycles. The highest BCUT2D eigenvalue weighted by atomic mass is 16.5. The maximum Gasteiger partial charge on any atom is 0.339 e. The van der Waals surface area contributed by atoms with E-state index in [0.29, 0.717) is 29.3 Å². The minimum atomic E-state index is -0.412. The van der Waals surface area contributed by atoms with Crippen LogP contribution in [0.4, 0.5) is 0 Å². The molecule has 2 aromatic heterocycles. The van der Waals surface area contributed by atoms with E-state index in [4.69, 9.17) is 4.74 Å². The van der Waals surface area contributed by atoms with Crippen LogP contribution in [0.25, 0.3) is 11.4 Å². The fourth-order valence-corrected chi connectivity index (χ4v) is 1.54. The van der Waals surface area contributed by atoms with E-state index in [1.54, 1.807) is 31.2 Å². The summed E-state index contributed by atoms with van der Waals surface area (Å²) >= 11 is 0. The molecule has 0 bridgehead atoms. The molecule has 0 aliphatic rings. The SMILES string of the molecule is CCOC(=O)c1ccc(-c2ccc(C(C)=O)nn2)nc1. The van der Waals surface area contributed by atoms with Gasteiger partial charge in [0.2, 0.25) is 0 Å². The highest BCUT2D eigenvalue weighted by molar-refractivity contribution is 5.92. The Kier molecular flexibility index (Phi) is 4.14. The standard InChI is InChI=1S/C14H13N3O3/c1-3-20-14(19)10-4-5-12(15-8-10)13-7-6-11(9(2)18)16-17-13/h4-8H,3H2,1-2H3. The van der Waals surface area contributed by atoms with Crippen LogP contribution in [0.3, 0.4) is 0 Å². The van der Waals surface area contributed by atoms with Crippen molar-refractivity contribution in [1.29, 1.82) is 0 Å². The van der Waals surface area contributed by atoms with Gasteiger partial charge in [0.05, 0.1) is 17.9 Å². The van der Waals surface area contributed by atoms with Crippen LogP contribution in [0.1, 0.15) is 34.7 Å². The summed E-state index contributed by atoms with van der Waals surface area (Å²) in [7, 11) is 0. The van der Waals surface area contributed by atoms with Crippen LogP contribution in [-0.2, 0) is 4.74 Å². The Balaban J connectivity index is 2.21. The van der Waals surface area contributed by atoms with Crippen molar-refractivity contribution in [3.05, 3.63) is 41.7 Å². The molecule has 6 nitrogen and oxygen atoms in total. The number of carbonyl (C=O) groups excluding carboxylic acids is 2. The number of esters is 1. The van der Waals surface area contributed by atoms with Crippen LogP contribution in [-0.4, -0.2) is 33.5 Å². The van der Waals surface area contributed by atoms with E-state index in [0.717, 1.165) is 0 Å². The van der Waals surface area contributed by atoms with Gasteiger partial charge in [-0.05, 0) is 31.2 Å². The van der Waals surface area contributed by atoms with E-state index in [9.17, 15) is 9.59 Å². The van der Waals surface area contributed by atoms with E-state index >= 15 is 0 Å². The van der Waals surface area contributed by atoms with E-state index < -0.39 is 5.97 Å². The van der Waals surface area contributed by atoms with Crippen LogP contribution < -0.4 is 0 Å². The maximum atomic E-state index is 11.5. The van der Waals surface area contributed by atoms with Crippen LogP contribution in [0, 0.1) is 0 Å². The van der Waals surface area contributed by atoms with Crippen molar-refractivity contribution in [3.8, 4) is 11.4 Å². The molecule has 0 aromatic carbocycles. The maximum absolute atomic E-state index is 11.5. The molecule has 2 rings (SSSR count). The lowest BCUT2D eigenvalue weighted by Crippen LogP contribution is -2.05. The summed E-state index contributed by atoms with van der Waals surface area (Å²) in [6.45, 7) is 3.49. The third-order valence-corrected chi connectivity index (χ3v) is 2.56. The zero-order valence-electron chi connectivity index (χ0n) is 11.2. The average molecular weight is 271 g/mol. The van der Waals surface area contributed by atoms with Crippen LogP contribution in [0.5, 0.6) is 0 Å². The van der Waals surface area contributed by atoms with Gasteiger partial charge in [0.15, 0.2) is 5.78 Å². The first kappa shape index (κ1) is 13.8. The summed E-state index contributed by atoms with van der Waals surface area (Å²) < 4.78 is 4.87. The van der Waals surface area contributed by atoms with Gasteiger partial charge < -0.3 is 4.74 Å². The fourth-order valence-electron chi connectivity index (χ4n) is 1.54. The van der Waals surface area contributed by atoms with Crippen LogP contribution >= 0.6 is 0 Å². The lowest BCUT2D eigenvalue weighted by atomic mass is 10.2. The normalized spacial score (nSPS) is 10.1. The average Bonchev–Trinajstić information content (AvgIpc) is 2.48. The molecule has 0 fully saturated rings. The molecule has 0 atom stereocenters. The van der Waals surface area contributed by atoms with Gasteiger partial charge >= 0.3 is 5.97 Å². The second kappa shape index (κ2) is 6.01. The first-order chi connectivity index (χ1) is 9.61. The molecule has 0 aliphatic heterocycles. The molecule has 6 heteroatoms. The lowest BCUT2D eigenvalue weighted by Gasteiger charge is -2.03. The Labute approximate surface area is 115 Å². The molecule has 2 aromatic rings. The van der Waals surface area contributed by atoms with E-state index in [-0.39, 0.29) is 5.78 Å². The van der Waals surface area contributed by atoms with E-state index in [2.05, 4.69) is 15.2 Å². The first-order valence-corrected chi connectivity index (χ1v) is 6.10. The molecule has 0 saturated heterocycles.